The van der Waals surface area contributed by atoms with Crippen LogP contribution >= 0.6 is 0 Å². The Morgan fingerprint density at radius 2 is 1.75 bits per heavy atom. The van der Waals surface area contributed by atoms with Crippen LogP contribution < -0.4 is 0 Å². The Morgan fingerprint density at radius 1 is 1.10 bits per heavy atom. The molecule has 2 fully saturated rings. The molecule has 52 heavy (non-hydrogen) atoms. The SMILES string of the molecule is C#CCCN(C)[C@H]1C[C@@H](C)O[C@@H](O[C@@H]2[C@@H](C)C(=O)[C@@H](C)C(=O)O[C@H](CC)[C@@](C)(O)[C@H](O)[C@@H](C)/C(=N/O[C@@H](CC)CCCC)[C@H](C)C[C@@]2(C)OC)[C@@H]1O. The Labute approximate surface area is 313 Å². The molecular weight excluding hydrogens is 668 g/mol. The predicted molar refractivity (Wildman–Crippen MR) is 200 cm³/mol. The minimum absolute atomic E-state index is 0.149. The summed E-state index contributed by atoms with van der Waals surface area (Å²) < 4.78 is 25.0. The molecule has 0 bridgehead atoms. The van der Waals surface area contributed by atoms with Crippen molar-refractivity contribution in [3.63, 3.8) is 0 Å². The topological polar surface area (TPSA) is 157 Å². The highest BCUT2D eigenvalue weighted by molar-refractivity contribution is 6.00. The Morgan fingerprint density at radius 3 is 2.31 bits per heavy atom. The molecule has 0 aromatic carbocycles. The molecule has 2 saturated heterocycles. The Hall–Kier alpha value is -2.11. The third-order valence-corrected chi connectivity index (χ3v) is 11.5. The van der Waals surface area contributed by atoms with E-state index >= 15 is 0 Å². The van der Waals surface area contributed by atoms with Gasteiger partial charge >= 0.3 is 5.97 Å². The number of nitrogens with zero attached hydrogens (tertiary/aromatic N) is 2. The van der Waals surface area contributed by atoms with E-state index in [2.05, 4.69) is 18.0 Å². The zero-order valence-corrected chi connectivity index (χ0v) is 34.0. The lowest BCUT2D eigenvalue weighted by molar-refractivity contribution is -0.295. The number of cyclic esters (lactones) is 1. The molecule has 0 spiro atoms. The number of methoxy groups -OCH3 is 1. The van der Waals surface area contributed by atoms with E-state index in [0.717, 1.165) is 25.7 Å². The summed E-state index contributed by atoms with van der Waals surface area (Å²) in [4.78, 5) is 35.9. The maximum Gasteiger partial charge on any atom is 0.316 e. The van der Waals surface area contributed by atoms with Gasteiger partial charge in [-0.3, -0.25) is 14.5 Å². The number of ether oxygens (including phenoxy) is 4. The van der Waals surface area contributed by atoms with Crippen molar-refractivity contribution in [1.29, 1.82) is 0 Å². The maximum absolute atomic E-state index is 14.2. The van der Waals surface area contributed by atoms with Crippen molar-refractivity contribution in [2.24, 2.45) is 28.8 Å². The minimum atomic E-state index is -1.89. The largest absolute Gasteiger partial charge is 0.459 e. The summed E-state index contributed by atoms with van der Waals surface area (Å²) in [5.41, 5.74) is -2.63. The van der Waals surface area contributed by atoms with Crippen molar-refractivity contribution in [2.75, 3.05) is 20.7 Å². The van der Waals surface area contributed by atoms with Crippen LogP contribution in [0.5, 0.6) is 0 Å². The predicted octanol–water partition coefficient (Wildman–Crippen LogP) is 4.89. The molecule has 2 aliphatic heterocycles. The van der Waals surface area contributed by atoms with Crippen molar-refractivity contribution in [1.82, 2.24) is 4.90 Å². The van der Waals surface area contributed by atoms with Crippen molar-refractivity contribution >= 4 is 17.5 Å². The lowest BCUT2D eigenvalue weighted by Gasteiger charge is -2.47. The van der Waals surface area contributed by atoms with Crippen LogP contribution in [-0.4, -0.2) is 119 Å². The van der Waals surface area contributed by atoms with Crippen LogP contribution in [0.1, 0.15) is 121 Å². The van der Waals surface area contributed by atoms with Crippen molar-refractivity contribution < 1.29 is 48.7 Å². The van der Waals surface area contributed by atoms with Gasteiger partial charge in [0.05, 0.1) is 29.6 Å². The van der Waals surface area contributed by atoms with Gasteiger partial charge in [-0.05, 0) is 73.3 Å². The van der Waals surface area contributed by atoms with E-state index in [1.165, 1.54) is 21.0 Å². The van der Waals surface area contributed by atoms with Crippen molar-refractivity contribution in [3.05, 3.63) is 0 Å². The highest BCUT2D eigenvalue weighted by Gasteiger charge is 2.51. The number of Topliss-reactive ketones (excluding diaryl/α,β-unsaturated/α-hetero) is 1. The number of carbonyl (C=O) groups is 2. The van der Waals surface area contributed by atoms with Gasteiger partial charge in [-0.25, -0.2) is 0 Å². The molecule has 12 heteroatoms. The average molecular weight is 739 g/mol. The van der Waals surface area contributed by atoms with E-state index in [4.69, 9.17) is 30.2 Å². The number of aliphatic hydroxyl groups excluding tert-OH is 2. The van der Waals surface area contributed by atoms with Gasteiger partial charge in [0, 0.05) is 43.9 Å². The monoisotopic (exact) mass is 739 g/mol. The van der Waals surface area contributed by atoms with Crippen molar-refractivity contribution in [2.45, 2.75) is 181 Å². The van der Waals surface area contributed by atoms with Gasteiger partial charge in [0.25, 0.3) is 0 Å². The minimum Gasteiger partial charge on any atom is -0.459 e. The van der Waals surface area contributed by atoms with Gasteiger partial charge in [-0.2, -0.15) is 0 Å². The Kier molecular flexibility index (Phi) is 18.2. The van der Waals surface area contributed by atoms with Gasteiger partial charge in [0.2, 0.25) is 0 Å². The fraction of sp³-hybridized carbons (Fsp3) is 0.875. The molecule has 2 heterocycles. The number of unbranched alkanes of at least 4 members (excludes halogenated alkanes) is 1. The molecule has 2 aliphatic rings. The number of aliphatic hydroxyl groups is 3. The Bertz CT molecular complexity index is 1210. The zero-order chi connectivity index (χ0) is 39.6. The second kappa shape index (κ2) is 20.5. The molecule has 0 amide bonds. The molecule has 300 valence electrons. The first-order valence-corrected chi connectivity index (χ1v) is 19.4. The number of hydrogen-bond donors (Lipinski definition) is 3. The fourth-order valence-electron chi connectivity index (χ4n) is 7.85. The van der Waals surface area contributed by atoms with Crippen LogP contribution in [0.25, 0.3) is 0 Å². The summed E-state index contributed by atoms with van der Waals surface area (Å²) in [5, 5.41) is 39.9. The highest BCUT2D eigenvalue weighted by atomic mass is 16.7. The van der Waals surface area contributed by atoms with E-state index in [9.17, 15) is 24.9 Å². The zero-order valence-electron chi connectivity index (χ0n) is 34.0. The molecule has 0 aromatic heterocycles. The number of ketones is 1. The van der Waals surface area contributed by atoms with Crippen LogP contribution in [0.3, 0.4) is 0 Å². The van der Waals surface area contributed by atoms with E-state index in [-0.39, 0.29) is 31.1 Å². The summed E-state index contributed by atoms with van der Waals surface area (Å²) in [6, 6.07) is -0.329. The van der Waals surface area contributed by atoms with E-state index in [0.29, 0.717) is 25.1 Å². The molecule has 0 aromatic rings. The Balaban J connectivity index is 2.74. The standard InChI is InChI=1S/C40H70N2O10/c1-14-18-20-29(16-3)52-41-32-24(5)23-39(10,48-13)36(51-38-34(44)30(22-25(6)49-38)42(12)21-19-15-2)27(8)33(43)28(9)37(46)50-31(17-4)40(11,47)35(45)26(32)7/h2,24-31,34-36,38,44-45,47H,14,16-23H2,1,3-13H3/b41-32+/t24-,25-,26+,27+,28-,29+,30+,31-,34-,35-,36-,38+,39-,40-/m1/s1. The number of carbonyl (C=O) groups excluding carboxylic acids is 2. The molecule has 0 unspecified atom stereocenters. The smallest absolute Gasteiger partial charge is 0.316 e. The van der Waals surface area contributed by atoms with Crippen molar-refractivity contribution in [3.8, 4) is 12.3 Å². The van der Waals surface area contributed by atoms with E-state index in [1.807, 2.05) is 39.6 Å². The lowest BCUT2D eigenvalue weighted by atomic mass is 9.74. The third-order valence-electron chi connectivity index (χ3n) is 11.5. The second-order valence-electron chi connectivity index (χ2n) is 15.7. The summed E-state index contributed by atoms with van der Waals surface area (Å²) in [6.45, 7) is 18.5. The first-order chi connectivity index (χ1) is 24.3. The number of esters is 1. The molecule has 2 rings (SSSR count). The molecule has 0 aliphatic carbocycles. The van der Waals surface area contributed by atoms with Gasteiger partial charge in [0.1, 0.15) is 29.8 Å². The van der Waals surface area contributed by atoms with Crippen LogP contribution in [0.2, 0.25) is 0 Å². The van der Waals surface area contributed by atoms with Crippen LogP contribution in [-0.2, 0) is 33.4 Å². The van der Waals surface area contributed by atoms with E-state index in [1.54, 1.807) is 20.8 Å². The molecule has 14 atom stereocenters. The van der Waals surface area contributed by atoms with Gasteiger partial charge < -0.3 is 39.1 Å². The number of likely N-dealkylation sites (N-methyl/N-ethyl adjacent to an activating group) is 1. The highest BCUT2D eigenvalue weighted by Crippen LogP contribution is 2.39. The fourth-order valence-corrected chi connectivity index (χ4v) is 7.85. The van der Waals surface area contributed by atoms with Crippen LogP contribution in [0.15, 0.2) is 5.16 Å². The van der Waals surface area contributed by atoms with Gasteiger partial charge in [0.15, 0.2) is 12.1 Å². The van der Waals surface area contributed by atoms with Crippen LogP contribution in [0, 0.1) is 36.0 Å². The van der Waals surface area contributed by atoms with Gasteiger partial charge in [-0.15, -0.1) is 12.3 Å². The lowest BCUT2D eigenvalue weighted by Crippen LogP contribution is -2.60. The average Bonchev–Trinajstić information content (AvgIpc) is 3.11. The van der Waals surface area contributed by atoms with Gasteiger partial charge in [-0.1, -0.05) is 53.1 Å². The molecule has 0 radical (unpaired) electrons. The van der Waals surface area contributed by atoms with Crippen LogP contribution in [0.4, 0.5) is 0 Å². The maximum atomic E-state index is 14.2. The normalized spacial score (nSPS) is 39.8. The summed E-state index contributed by atoms with van der Waals surface area (Å²) in [5.74, 6) is -2.00. The first kappa shape index (κ1) is 46.0. The number of rotatable bonds is 13. The summed E-state index contributed by atoms with van der Waals surface area (Å²) in [6.07, 6.45) is 4.30. The summed E-state index contributed by atoms with van der Waals surface area (Å²) >= 11 is 0. The molecule has 3 N–H and O–H groups in total. The quantitative estimate of drug-likeness (QED) is 0.102. The number of terminal acetylenes is 1. The number of hydrogen-bond acceptors (Lipinski definition) is 12. The molecular formula is C40H70N2O10. The molecule has 12 nitrogen and oxygen atoms in total. The first-order valence-electron chi connectivity index (χ1n) is 19.4. The number of oxime groups is 1. The molecule has 0 saturated carbocycles. The second-order valence-corrected chi connectivity index (χ2v) is 15.7. The third kappa shape index (κ3) is 11.2. The summed E-state index contributed by atoms with van der Waals surface area (Å²) in [7, 11) is 3.42. The van der Waals surface area contributed by atoms with E-state index < -0.39 is 77.3 Å².